The van der Waals surface area contributed by atoms with Crippen LogP contribution >= 0.6 is 0 Å². The van der Waals surface area contributed by atoms with Crippen molar-refractivity contribution in [1.29, 1.82) is 0 Å². The van der Waals surface area contributed by atoms with E-state index in [1.807, 2.05) is 30.0 Å². The van der Waals surface area contributed by atoms with Crippen LogP contribution in [0.15, 0.2) is 24.3 Å². The number of nitrogens with zero attached hydrogens (tertiary/aromatic N) is 2. The maximum absolute atomic E-state index is 12.3. The molecule has 5 heteroatoms. The molecule has 1 aromatic rings. The van der Waals surface area contributed by atoms with Crippen molar-refractivity contribution in [2.75, 3.05) is 19.6 Å². The Bertz CT molecular complexity index is 610. The molecule has 3 rings (SSSR count). The third-order valence-corrected chi connectivity index (χ3v) is 5.02. The van der Waals surface area contributed by atoms with Crippen molar-refractivity contribution in [3.8, 4) is 0 Å². The summed E-state index contributed by atoms with van der Waals surface area (Å²) in [6.07, 6.45) is 1.63. The van der Waals surface area contributed by atoms with Gasteiger partial charge in [-0.25, -0.2) is 0 Å². The number of nitrogens with one attached hydrogen (secondary N) is 1. The summed E-state index contributed by atoms with van der Waals surface area (Å²) in [5.41, 5.74) is 2.21. The van der Waals surface area contributed by atoms with Gasteiger partial charge >= 0.3 is 0 Å². The molecule has 0 aliphatic carbocycles. The molecule has 2 amide bonds. The first-order chi connectivity index (χ1) is 11.5. The quantitative estimate of drug-likeness (QED) is 0.865. The van der Waals surface area contributed by atoms with Gasteiger partial charge in [-0.05, 0) is 30.4 Å². The highest BCUT2D eigenvalue weighted by molar-refractivity contribution is 5.81. The van der Waals surface area contributed by atoms with Gasteiger partial charge in [-0.3, -0.25) is 14.5 Å². The van der Waals surface area contributed by atoms with Crippen LogP contribution in [-0.4, -0.2) is 47.3 Å². The van der Waals surface area contributed by atoms with Crippen LogP contribution in [0.3, 0.4) is 0 Å². The summed E-state index contributed by atoms with van der Waals surface area (Å²) < 4.78 is 0. The van der Waals surface area contributed by atoms with Crippen molar-refractivity contribution in [2.24, 2.45) is 5.92 Å². The highest BCUT2D eigenvalue weighted by Gasteiger charge is 2.30. The topological polar surface area (TPSA) is 52.7 Å². The maximum atomic E-state index is 12.3. The molecule has 1 atom stereocenters. The summed E-state index contributed by atoms with van der Waals surface area (Å²) in [4.78, 5) is 28.1. The summed E-state index contributed by atoms with van der Waals surface area (Å²) >= 11 is 0. The van der Waals surface area contributed by atoms with E-state index in [4.69, 9.17) is 0 Å². The predicted octanol–water partition coefficient (Wildman–Crippen LogP) is 1.77. The fourth-order valence-corrected chi connectivity index (χ4v) is 3.50. The molecule has 0 bridgehead atoms. The molecule has 130 valence electrons. The molecule has 5 nitrogen and oxygen atoms in total. The summed E-state index contributed by atoms with van der Waals surface area (Å²) in [7, 11) is 0. The zero-order chi connectivity index (χ0) is 17.1. The van der Waals surface area contributed by atoms with E-state index in [0.29, 0.717) is 25.4 Å². The van der Waals surface area contributed by atoms with Gasteiger partial charge in [0.2, 0.25) is 11.8 Å². The van der Waals surface area contributed by atoms with Gasteiger partial charge in [-0.2, -0.15) is 0 Å². The van der Waals surface area contributed by atoms with Crippen LogP contribution in [0.4, 0.5) is 0 Å². The van der Waals surface area contributed by atoms with Crippen LogP contribution in [0.2, 0.25) is 0 Å². The van der Waals surface area contributed by atoms with Gasteiger partial charge in [0.25, 0.3) is 0 Å². The van der Waals surface area contributed by atoms with E-state index in [0.717, 1.165) is 37.2 Å². The third-order valence-electron chi connectivity index (χ3n) is 5.02. The largest absolute Gasteiger partial charge is 0.351 e. The summed E-state index contributed by atoms with van der Waals surface area (Å²) in [6.45, 7) is 8.25. The third kappa shape index (κ3) is 3.96. The van der Waals surface area contributed by atoms with Crippen molar-refractivity contribution < 1.29 is 9.59 Å². The Morgan fingerprint density at radius 3 is 2.75 bits per heavy atom. The van der Waals surface area contributed by atoms with Gasteiger partial charge in [0.1, 0.15) is 0 Å². The van der Waals surface area contributed by atoms with Crippen molar-refractivity contribution in [1.82, 2.24) is 15.1 Å². The molecule has 2 fully saturated rings. The lowest BCUT2D eigenvalue weighted by atomic mass is 10.00. The Hall–Kier alpha value is -1.88. The number of benzene rings is 1. The van der Waals surface area contributed by atoms with Crippen molar-refractivity contribution in [2.45, 2.75) is 45.8 Å². The minimum absolute atomic E-state index is 0.0633. The Kier molecular flexibility index (Phi) is 5.19. The SMILES string of the molecule is CC1CN([C@H](C)C(=O)NCc2cccc(CN3CCCC3=O)c2)C1. The van der Waals surface area contributed by atoms with Gasteiger partial charge in [0.15, 0.2) is 0 Å². The van der Waals surface area contributed by atoms with Crippen molar-refractivity contribution >= 4 is 11.8 Å². The predicted molar refractivity (Wildman–Crippen MR) is 93.1 cm³/mol. The number of hydrogen-bond acceptors (Lipinski definition) is 3. The number of rotatable bonds is 6. The Balaban J connectivity index is 1.51. The zero-order valence-corrected chi connectivity index (χ0v) is 14.6. The van der Waals surface area contributed by atoms with Crippen LogP contribution in [-0.2, 0) is 22.7 Å². The molecule has 0 spiro atoms. The molecule has 2 saturated heterocycles. The second-order valence-corrected chi connectivity index (χ2v) is 7.19. The molecular formula is C19H27N3O2. The second kappa shape index (κ2) is 7.34. The van der Waals surface area contributed by atoms with E-state index in [9.17, 15) is 9.59 Å². The van der Waals surface area contributed by atoms with E-state index < -0.39 is 0 Å². The van der Waals surface area contributed by atoms with Gasteiger partial charge < -0.3 is 10.2 Å². The van der Waals surface area contributed by atoms with Crippen molar-refractivity contribution in [3.63, 3.8) is 0 Å². The lowest BCUT2D eigenvalue weighted by Crippen LogP contribution is -2.55. The molecular weight excluding hydrogens is 302 g/mol. The molecule has 2 heterocycles. The maximum Gasteiger partial charge on any atom is 0.237 e. The zero-order valence-electron chi connectivity index (χ0n) is 14.6. The molecule has 0 unspecified atom stereocenters. The van der Waals surface area contributed by atoms with E-state index in [1.165, 1.54) is 0 Å². The lowest BCUT2D eigenvalue weighted by Gasteiger charge is -2.40. The molecule has 1 N–H and O–H groups in total. The molecule has 24 heavy (non-hydrogen) atoms. The van der Waals surface area contributed by atoms with Crippen LogP contribution in [0, 0.1) is 5.92 Å². The van der Waals surface area contributed by atoms with Crippen LogP contribution < -0.4 is 5.32 Å². The molecule has 0 aromatic heterocycles. The lowest BCUT2D eigenvalue weighted by molar-refractivity contribution is -0.129. The van der Waals surface area contributed by atoms with Gasteiger partial charge in [-0.1, -0.05) is 31.2 Å². The Morgan fingerprint density at radius 1 is 1.33 bits per heavy atom. The summed E-state index contributed by atoms with van der Waals surface area (Å²) in [5, 5.41) is 3.03. The molecule has 0 radical (unpaired) electrons. The molecule has 1 aromatic carbocycles. The number of carbonyl (C=O) groups is 2. The smallest absolute Gasteiger partial charge is 0.237 e. The normalized spacial score (nSPS) is 20.1. The number of amides is 2. The van der Waals surface area contributed by atoms with Crippen LogP contribution in [0.5, 0.6) is 0 Å². The Labute approximate surface area is 144 Å². The fourth-order valence-electron chi connectivity index (χ4n) is 3.50. The average Bonchev–Trinajstić information content (AvgIpc) is 2.94. The van der Waals surface area contributed by atoms with Gasteiger partial charge in [-0.15, -0.1) is 0 Å². The number of likely N-dealkylation sites (tertiary alicyclic amines) is 2. The number of carbonyl (C=O) groups excluding carboxylic acids is 2. The molecule has 0 saturated carbocycles. The molecule has 2 aliphatic heterocycles. The molecule has 2 aliphatic rings. The Morgan fingerprint density at radius 2 is 2.08 bits per heavy atom. The van der Waals surface area contributed by atoms with Gasteiger partial charge in [0, 0.05) is 39.1 Å². The minimum atomic E-state index is -0.0633. The highest BCUT2D eigenvalue weighted by atomic mass is 16.2. The van der Waals surface area contributed by atoms with Crippen LogP contribution in [0.25, 0.3) is 0 Å². The van der Waals surface area contributed by atoms with Crippen LogP contribution in [0.1, 0.15) is 37.8 Å². The van der Waals surface area contributed by atoms with E-state index in [-0.39, 0.29) is 17.9 Å². The summed E-state index contributed by atoms with van der Waals surface area (Å²) in [6, 6.07) is 8.08. The number of hydrogen-bond donors (Lipinski definition) is 1. The van der Waals surface area contributed by atoms with E-state index in [2.05, 4.69) is 23.2 Å². The monoisotopic (exact) mass is 329 g/mol. The first-order valence-electron chi connectivity index (χ1n) is 8.90. The first-order valence-corrected chi connectivity index (χ1v) is 8.90. The van der Waals surface area contributed by atoms with E-state index in [1.54, 1.807) is 0 Å². The first kappa shape index (κ1) is 17.0. The summed E-state index contributed by atoms with van der Waals surface area (Å²) in [5.74, 6) is 1.03. The van der Waals surface area contributed by atoms with Gasteiger partial charge in [0.05, 0.1) is 6.04 Å². The van der Waals surface area contributed by atoms with E-state index >= 15 is 0 Å². The highest BCUT2D eigenvalue weighted by Crippen LogP contribution is 2.18. The second-order valence-electron chi connectivity index (χ2n) is 7.19. The standard InChI is InChI=1S/C19H27N3O2/c1-14-11-22(12-14)15(2)19(24)20-10-16-5-3-6-17(9-16)13-21-8-4-7-18(21)23/h3,5-6,9,14-15H,4,7-8,10-13H2,1-2H3,(H,20,24)/t15-/m1/s1. The average molecular weight is 329 g/mol. The van der Waals surface area contributed by atoms with Crippen molar-refractivity contribution in [3.05, 3.63) is 35.4 Å². The fraction of sp³-hybridized carbons (Fsp3) is 0.579. The minimum Gasteiger partial charge on any atom is -0.351 e.